The van der Waals surface area contributed by atoms with Gasteiger partial charge in [0.25, 0.3) is 0 Å². The van der Waals surface area contributed by atoms with Gasteiger partial charge in [-0.25, -0.2) is 4.39 Å². The summed E-state index contributed by atoms with van der Waals surface area (Å²) in [5, 5.41) is 3.38. The van der Waals surface area contributed by atoms with Crippen molar-refractivity contribution in [3.8, 4) is 11.1 Å². The summed E-state index contributed by atoms with van der Waals surface area (Å²) in [6.45, 7) is 1.80. The van der Waals surface area contributed by atoms with Crippen LogP contribution < -0.4 is 5.32 Å². The molecule has 0 saturated heterocycles. The molecule has 0 spiro atoms. The smallest absolute Gasteiger partial charge is 0.133 e. The summed E-state index contributed by atoms with van der Waals surface area (Å²) in [7, 11) is 1.99. The van der Waals surface area contributed by atoms with Crippen molar-refractivity contribution in [3.05, 3.63) is 59.4 Å². The Morgan fingerprint density at radius 3 is 2.45 bits per heavy atom. The van der Waals surface area contributed by atoms with Gasteiger partial charge >= 0.3 is 0 Å². The van der Waals surface area contributed by atoms with Crippen LogP contribution in [0, 0.1) is 12.7 Å². The predicted molar refractivity (Wildman–Crippen MR) is 83.8 cm³/mol. The molecule has 1 fully saturated rings. The van der Waals surface area contributed by atoms with Gasteiger partial charge in [-0.2, -0.15) is 0 Å². The van der Waals surface area contributed by atoms with Gasteiger partial charge in [0.15, 0.2) is 0 Å². The van der Waals surface area contributed by atoms with Crippen molar-refractivity contribution in [2.24, 2.45) is 0 Å². The number of hydrogen-bond donors (Lipinski definition) is 1. The third-order valence-corrected chi connectivity index (χ3v) is 4.15. The minimum Gasteiger partial charge on any atom is -0.310 e. The van der Waals surface area contributed by atoms with Crippen LogP contribution in [0.15, 0.2) is 42.5 Å². The largest absolute Gasteiger partial charge is 0.310 e. The molecule has 0 bridgehead atoms. The molecule has 2 aromatic rings. The normalized spacial score (nSPS) is 15.6. The van der Waals surface area contributed by atoms with Crippen molar-refractivity contribution in [1.29, 1.82) is 0 Å². The Morgan fingerprint density at radius 1 is 1.10 bits per heavy atom. The van der Waals surface area contributed by atoms with Crippen LogP contribution in [0.5, 0.6) is 0 Å². The summed E-state index contributed by atoms with van der Waals surface area (Å²) in [6, 6.07) is 13.8. The molecule has 0 aromatic heterocycles. The van der Waals surface area contributed by atoms with Crippen LogP contribution in [0.1, 0.15) is 24.0 Å². The molecule has 1 N–H and O–H groups in total. The zero-order valence-corrected chi connectivity index (χ0v) is 12.6. The van der Waals surface area contributed by atoms with Crippen LogP contribution >= 0.6 is 12.4 Å². The van der Waals surface area contributed by atoms with E-state index in [4.69, 9.17) is 0 Å². The molecule has 20 heavy (non-hydrogen) atoms. The second kappa shape index (κ2) is 5.55. The Balaban J connectivity index is 0.00000147. The average molecular weight is 292 g/mol. The van der Waals surface area contributed by atoms with E-state index in [2.05, 4.69) is 17.4 Å². The van der Waals surface area contributed by atoms with Crippen LogP contribution in [-0.4, -0.2) is 7.05 Å². The lowest BCUT2D eigenvalue weighted by molar-refractivity contribution is 0.585. The summed E-state index contributed by atoms with van der Waals surface area (Å²) >= 11 is 0. The maximum atomic E-state index is 14.2. The fraction of sp³-hybridized carbons (Fsp3) is 0.294. The highest BCUT2D eigenvalue weighted by Crippen LogP contribution is 2.45. The molecule has 0 atom stereocenters. The Bertz CT molecular complexity index is 620. The van der Waals surface area contributed by atoms with Crippen LogP contribution in [-0.2, 0) is 5.54 Å². The molecule has 1 aliphatic rings. The molecule has 0 unspecified atom stereocenters. The quantitative estimate of drug-likeness (QED) is 0.882. The second-order valence-corrected chi connectivity index (χ2v) is 5.35. The van der Waals surface area contributed by atoms with Crippen LogP contribution in [0.4, 0.5) is 4.39 Å². The molecule has 106 valence electrons. The third-order valence-electron chi connectivity index (χ3n) is 4.15. The summed E-state index contributed by atoms with van der Waals surface area (Å²) in [5.74, 6) is -0.117. The first-order valence-electron chi connectivity index (χ1n) is 6.71. The van der Waals surface area contributed by atoms with Gasteiger partial charge in [-0.1, -0.05) is 36.4 Å². The number of halogens is 2. The molecular weight excluding hydrogens is 273 g/mol. The van der Waals surface area contributed by atoms with E-state index in [0.29, 0.717) is 11.1 Å². The van der Waals surface area contributed by atoms with Gasteiger partial charge < -0.3 is 5.32 Å². The zero-order valence-electron chi connectivity index (χ0n) is 11.7. The number of rotatable bonds is 3. The lowest BCUT2D eigenvalue weighted by atomic mass is 9.97. The number of hydrogen-bond acceptors (Lipinski definition) is 1. The molecule has 1 saturated carbocycles. The first kappa shape index (κ1) is 15.0. The molecule has 0 amide bonds. The van der Waals surface area contributed by atoms with Crippen molar-refractivity contribution >= 4 is 12.4 Å². The highest BCUT2D eigenvalue weighted by Gasteiger charge is 2.42. The first-order valence-corrected chi connectivity index (χ1v) is 6.71. The Hall–Kier alpha value is -1.38. The van der Waals surface area contributed by atoms with Crippen molar-refractivity contribution in [2.45, 2.75) is 25.3 Å². The number of aryl methyl sites for hydroxylation is 1. The molecule has 0 radical (unpaired) electrons. The van der Waals surface area contributed by atoms with Crippen molar-refractivity contribution in [1.82, 2.24) is 5.32 Å². The fourth-order valence-electron chi connectivity index (χ4n) is 2.66. The van der Waals surface area contributed by atoms with Crippen LogP contribution in [0.3, 0.4) is 0 Å². The Morgan fingerprint density at radius 2 is 1.80 bits per heavy atom. The highest BCUT2D eigenvalue weighted by atomic mass is 35.5. The van der Waals surface area contributed by atoms with Crippen LogP contribution in [0.25, 0.3) is 11.1 Å². The van der Waals surface area contributed by atoms with Gasteiger partial charge in [0, 0.05) is 11.1 Å². The van der Waals surface area contributed by atoms with Crippen molar-refractivity contribution < 1.29 is 4.39 Å². The van der Waals surface area contributed by atoms with E-state index in [1.165, 1.54) is 5.56 Å². The first-order chi connectivity index (χ1) is 9.16. The van der Waals surface area contributed by atoms with E-state index in [1.807, 2.05) is 31.3 Å². The van der Waals surface area contributed by atoms with Crippen molar-refractivity contribution in [2.75, 3.05) is 7.05 Å². The van der Waals surface area contributed by atoms with Gasteiger partial charge in [0.1, 0.15) is 5.82 Å². The number of benzene rings is 2. The maximum Gasteiger partial charge on any atom is 0.133 e. The average Bonchev–Trinajstić information content (AvgIpc) is 3.23. The van der Waals surface area contributed by atoms with Gasteiger partial charge in [-0.05, 0) is 49.6 Å². The second-order valence-electron chi connectivity index (χ2n) is 5.35. The Kier molecular flexibility index (Phi) is 4.17. The van der Waals surface area contributed by atoms with E-state index in [0.717, 1.165) is 18.4 Å². The van der Waals surface area contributed by atoms with E-state index >= 15 is 0 Å². The van der Waals surface area contributed by atoms with Crippen LogP contribution in [0.2, 0.25) is 0 Å². The van der Waals surface area contributed by atoms with E-state index in [9.17, 15) is 4.39 Å². The van der Waals surface area contributed by atoms with Gasteiger partial charge in [-0.3, -0.25) is 0 Å². The highest BCUT2D eigenvalue weighted by molar-refractivity contribution is 5.85. The molecule has 1 nitrogen and oxygen atoms in total. The third kappa shape index (κ3) is 2.46. The molecule has 0 heterocycles. The lowest BCUT2D eigenvalue weighted by Crippen LogP contribution is -2.24. The molecular formula is C17H19ClFN. The van der Waals surface area contributed by atoms with Gasteiger partial charge in [0.05, 0.1) is 0 Å². The van der Waals surface area contributed by atoms with Gasteiger partial charge in [0.2, 0.25) is 0 Å². The summed E-state index contributed by atoms with van der Waals surface area (Å²) in [4.78, 5) is 0. The lowest BCUT2D eigenvalue weighted by Gasteiger charge is -2.16. The molecule has 3 heteroatoms. The number of nitrogens with one attached hydrogen (secondary N) is 1. The van der Waals surface area contributed by atoms with Crippen molar-refractivity contribution in [3.63, 3.8) is 0 Å². The fourth-order valence-corrected chi connectivity index (χ4v) is 2.66. The van der Waals surface area contributed by atoms with E-state index in [1.54, 1.807) is 13.0 Å². The standard InChI is InChI=1S/C17H18FN.ClH/c1-12-5-3-8-15(16(12)18)13-6-4-7-14(11-13)17(19-2)9-10-17;/h3-8,11,19H,9-10H2,1-2H3;1H. The Labute approximate surface area is 125 Å². The minimum absolute atomic E-state index is 0. The molecule has 1 aliphatic carbocycles. The SMILES string of the molecule is CNC1(c2cccc(-c3cccc(C)c3F)c2)CC1.Cl. The summed E-state index contributed by atoms with van der Waals surface area (Å²) in [6.07, 6.45) is 2.31. The van der Waals surface area contributed by atoms with E-state index in [-0.39, 0.29) is 23.8 Å². The summed E-state index contributed by atoms with van der Waals surface area (Å²) in [5.41, 5.74) is 3.72. The monoisotopic (exact) mass is 291 g/mol. The predicted octanol–water partition coefficient (Wildman–Crippen LogP) is 4.43. The zero-order chi connectivity index (χ0) is 13.5. The molecule has 2 aromatic carbocycles. The maximum absolute atomic E-state index is 14.2. The molecule has 3 rings (SSSR count). The summed E-state index contributed by atoms with van der Waals surface area (Å²) < 4.78 is 14.2. The minimum atomic E-state index is -0.117. The topological polar surface area (TPSA) is 12.0 Å². The molecule has 0 aliphatic heterocycles. The van der Waals surface area contributed by atoms with Gasteiger partial charge in [-0.15, -0.1) is 12.4 Å². The van der Waals surface area contributed by atoms with E-state index < -0.39 is 0 Å².